The zero-order valence-corrected chi connectivity index (χ0v) is 22.8. The summed E-state index contributed by atoms with van der Waals surface area (Å²) in [7, 11) is -3.92. The van der Waals surface area contributed by atoms with Gasteiger partial charge >= 0.3 is 6.09 Å². The summed E-state index contributed by atoms with van der Waals surface area (Å²) in [5.41, 5.74) is 3.86. The Labute approximate surface area is 223 Å². The summed E-state index contributed by atoms with van der Waals surface area (Å²) in [6.07, 6.45) is 2.31. The first-order valence-corrected chi connectivity index (χ1v) is 14.1. The predicted octanol–water partition coefficient (Wildman–Crippen LogP) is 3.54. The molecule has 13 heteroatoms. The van der Waals surface area contributed by atoms with E-state index in [-0.39, 0.29) is 23.9 Å². The molecule has 0 spiro atoms. The van der Waals surface area contributed by atoms with Crippen LogP contribution in [0.15, 0.2) is 53.1 Å². The van der Waals surface area contributed by atoms with Gasteiger partial charge in [0.15, 0.2) is 0 Å². The predicted molar refractivity (Wildman–Crippen MR) is 140 cm³/mol. The van der Waals surface area contributed by atoms with Crippen molar-refractivity contribution >= 4 is 43.6 Å². The van der Waals surface area contributed by atoms with E-state index in [0.29, 0.717) is 22.5 Å². The highest BCUT2D eigenvalue weighted by Crippen LogP contribution is 2.29. The van der Waals surface area contributed by atoms with E-state index in [0.717, 1.165) is 14.3 Å². The SMILES string of the molecule is Cc1ncccc1C(NC(=O)OC(C)(C)C)C(=O)N1Cc2cn(S(=O)(=O)c3ccc4ncsc4c3)nc2C1. The molecular weight excluding hydrogens is 528 g/mol. The molecule has 3 aromatic heterocycles. The Hall–Kier alpha value is -3.84. The average molecular weight is 555 g/mol. The van der Waals surface area contributed by atoms with Crippen LogP contribution in [0, 0.1) is 6.92 Å². The summed E-state index contributed by atoms with van der Waals surface area (Å²) in [6.45, 7) is 7.20. The van der Waals surface area contributed by atoms with E-state index in [9.17, 15) is 18.0 Å². The molecule has 11 nitrogen and oxygen atoms in total. The van der Waals surface area contributed by atoms with Crippen LogP contribution in [0.4, 0.5) is 4.79 Å². The molecule has 1 aromatic carbocycles. The first-order chi connectivity index (χ1) is 17.9. The number of nitrogens with one attached hydrogen (secondary N) is 1. The number of rotatable bonds is 5. The van der Waals surface area contributed by atoms with Crippen LogP contribution in [-0.4, -0.2) is 50.1 Å². The molecule has 1 N–H and O–H groups in total. The van der Waals surface area contributed by atoms with Gasteiger partial charge in [0.05, 0.1) is 32.9 Å². The fourth-order valence-corrected chi connectivity index (χ4v) is 6.18. The van der Waals surface area contributed by atoms with Crippen molar-refractivity contribution in [1.82, 2.24) is 29.4 Å². The molecule has 0 saturated carbocycles. The normalized spacial score (nSPS) is 14.4. The van der Waals surface area contributed by atoms with Gasteiger partial charge in [0.1, 0.15) is 11.6 Å². The monoisotopic (exact) mass is 554 g/mol. The van der Waals surface area contributed by atoms with Crippen LogP contribution in [-0.2, 0) is 32.6 Å². The van der Waals surface area contributed by atoms with Crippen molar-refractivity contribution in [2.45, 2.75) is 57.3 Å². The van der Waals surface area contributed by atoms with Gasteiger partial charge in [0, 0.05) is 35.8 Å². The Balaban J connectivity index is 1.37. The fraction of sp³-hybridized carbons (Fsp3) is 0.320. The number of amides is 2. The third kappa shape index (κ3) is 4.98. The van der Waals surface area contributed by atoms with Crippen LogP contribution in [0.2, 0.25) is 0 Å². The molecule has 4 aromatic rings. The van der Waals surface area contributed by atoms with Gasteiger partial charge in [-0.3, -0.25) is 9.78 Å². The van der Waals surface area contributed by atoms with Gasteiger partial charge in [-0.25, -0.2) is 9.78 Å². The molecule has 4 heterocycles. The summed E-state index contributed by atoms with van der Waals surface area (Å²) in [5.74, 6) is -0.380. The van der Waals surface area contributed by atoms with Crippen molar-refractivity contribution in [2.75, 3.05) is 0 Å². The Kier molecular flexibility index (Phi) is 6.43. The second kappa shape index (κ2) is 9.48. The van der Waals surface area contributed by atoms with E-state index in [4.69, 9.17) is 4.74 Å². The van der Waals surface area contributed by atoms with Crippen LogP contribution in [0.1, 0.15) is 49.3 Å². The van der Waals surface area contributed by atoms with Gasteiger partial charge in [0.2, 0.25) is 0 Å². The Morgan fingerprint density at radius 2 is 1.95 bits per heavy atom. The highest BCUT2D eigenvalue weighted by molar-refractivity contribution is 7.89. The number of aryl methyl sites for hydroxylation is 1. The van der Waals surface area contributed by atoms with E-state index in [1.54, 1.807) is 63.7 Å². The van der Waals surface area contributed by atoms with Crippen molar-refractivity contribution in [3.63, 3.8) is 0 Å². The third-order valence-corrected chi connectivity index (χ3v) is 8.30. The highest BCUT2D eigenvalue weighted by atomic mass is 32.2. The second-order valence-corrected chi connectivity index (χ2v) is 12.6. The van der Waals surface area contributed by atoms with E-state index < -0.39 is 27.8 Å². The summed E-state index contributed by atoms with van der Waals surface area (Å²) < 4.78 is 33.5. The number of carbonyl (C=O) groups excluding carboxylic acids is 2. The lowest BCUT2D eigenvalue weighted by atomic mass is 10.0. The maximum absolute atomic E-state index is 13.6. The lowest BCUT2D eigenvalue weighted by molar-refractivity contribution is -0.134. The highest BCUT2D eigenvalue weighted by Gasteiger charge is 2.35. The molecule has 2 amide bonds. The number of hydrogen-bond donors (Lipinski definition) is 1. The topological polar surface area (TPSA) is 136 Å². The quantitative estimate of drug-likeness (QED) is 0.396. The van der Waals surface area contributed by atoms with Crippen LogP contribution in [0.25, 0.3) is 10.2 Å². The van der Waals surface area contributed by atoms with Crippen molar-refractivity contribution < 1.29 is 22.7 Å². The van der Waals surface area contributed by atoms with Gasteiger partial charge in [0.25, 0.3) is 15.9 Å². The number of carbonyl (C=O) groups is 2. The maximum atomic E-state index is 13.6. The Bertz CT molecular complexity index is 1630. The fourth-order valence-electron chi connectivity index (χ4n) is 4.19. The first kappa shape index (κ1) is 25.8. The molecule has 1 unspecified atom stereocenters. The van der Waals surface area contributed by atoms with E-state index in [1.807, 2.05) is 0 Å². The minimum Gasteiger partial charge on any atom is -0.444 e. The second-order valence-electron chi connectivity index (χ2n) is 9.91. The number of thiazole rings is 1. The van der Waals surface area contributed by atoms with Crippen molar-refractivity contribution in [2.24, 2.45) is 0 Å². The van der Waals surface area contributed by atoms with E-state index in [2.05, 4.69) is 20.4 Å². The van der Waals surface area contributed by atoms with E-state index in [1.165, 1.54) is 28.5 Å². The molecule has 1 aliphatic rings. The summed E-state index contributed by atoms with van der Waals surface area (Å²) in [5, 5.41) is 6.97. The molecule has 5 rings (SSSR count). The summed E-state index contributed by atoms with van der Waals surface area (Å²) >= 11 is 1.36. The first-order valence-electron chi connectivity index (χ1n) is 11.8. The number of alkyl carbamates (subject to hydrolysis) is 1. The Morgan fingerprint density at radius 3 is 2.66 bits per heavy atom. The number of fused-ring (bicyclic) bond motifs is 2. The molecule has 1 atom stereocenters. The van der Waals surface area contributed by atoms with Gasteiger partial charge in [-0.1, -0.05) is 6.07 Å². The average Bonchev–Trinajstić information content (AvgIpc) is 3.56. The minimum atomic E-state index is -3.92. The molecule has 0 bridgehead atoms. The smallest absolute Gasteiger partial charge is 0.408 e. The zero-order chi connectivity index (χ0) is 27.2. The third-order valence-electron chi connectivity index (χ3n) is 5.98. The maximum Gasteiger partial charge on any atom is 0.408 e. The standard InChI is InChI=1S/C25H26N6O5S2/c1-15-18(6-5-9-26-15)22(28-24(33)36-25(2,3)4)23(32)30-11-16-12-31(29-20(16)13-30)38(34,35)17-7-8-19-21(10-17)37-14-27-19/h5-10,12,14,22H,11,13H2,1-4H3,(H,28,33). The summed E-state index contributed by atoms with van der Waals surface area (Å²) in [4.78, 5) is 36.3. The molecule has 0 fully saturated rings. The van der Waals surface area contributed by atoms with Crippen molar-refractivity contribution in [3.8, 4) is 0 Å². The largest absolute Gasteiger partial charge is 0.444 e. The summed E-state index contributed by atoms with van der Waals surface area (Å²) in [6, 6.07) is 7.12. The number of nitrogens with zero attached hydrogens (tertiary/aromatic N) is 5. The van der Waals surface area contributed by atoms with Crippen LogP contribution >= 0.6 is 11.3 Å². The molecule has 0 radical (unpaired) electrons. The molecule has 1 aliphatic heterocycles. The minimum absolute atomic E-state index is 0.0936. The van der Waals surface area contributed by atoms with E-state index >= 15 is 0 Å². The Morgan fingerprint density at radius 1 is 1.16 bits per heavy atom. The number of pyridine rings is 1. The molecule has 0 aliphatic carbocycles. The number of hydrogen-bond acceptors (Lipinski definition) is 9. The van der Waals surface area contributed by atoms with Crippen molar-refractivity contribution in [1.29, 1.82) is 0 Å². The van der Waals surface area contributed by atoms with Crippen molar-refractivity contribution in [3.05, 3.63) is 70.8 Å². The zero-order valence-electron chi connectivity index (χ0n) is 21.2. The molecule has 198 valence electrons. The number of ether oxygens (including phenoxy) is 1. The number of aromatic nitrogens is 4. The van der Waals surface area contributed by atoms with Gasteiger partial charge in [-0.15, -0.1) is 11.3 Å². The number of benzene rings is 1. The van der Waals surface area contributed by atoms with Crippen LogP contribution in [0.5, 0.6) is 0 Å². The lowest BCUT2D eigenvalue weighted by Gasteiger charge is -2.27. The van der Waals surface area contributed by atoms with Crippen LogP contribution < -0.4 is 5.32 Å². The molecule has 0 saturated heterocycles. The van der Waals surface area contributed by atoms with Gasteiger partial charge in [-0.05, 0) is 52.0 Å². The van der Waals surface area contributed by atoms with Crippen LogP contribution in [0.3, 0.4) is 0 Å². The van der Waals surface area contributed by atoms with Gasteiger partial charge in [-0.2, -0.15) is 17.6 Å². The lowest BCUT2D eigenvalue weighted by Crippen LogP contribution is -2.43. The molecular formula is C25H26N6O5S2. The van der Waals surface area contributed by atoms with Gasteiger partial charge < -0.3 is 15.0 Å². The molecule has 38 heavy (non-hydrogen) atoms.